The van der Waals surface area contributed by atoms with Gasteiger partial charge in [0.1, 0.15) is 12.6 Å². The Kier molecular flexibility index (Phi) is 4.79. The molecule has 1 aliphatic heterocycles. The molecule has 0 saturated carbocycles. The molecule has 0 aliphatic carbocycles. The average molecular weight is 352 g/mol. The van der Waals surface area contributed by atoms with Gasteiger partial charge in [-0.05, 0) is 18.6 Å². The van der Waals surface area contributed by atoms with E-state index in [1.54, 1.807) is 16.9 Å². The number of nitrogens with zero attached hydrogens (tertiary/aromatic N) is 3. The summed E-state index contributed by atoms with van der Waals surface area (Å²) < 4.78 is 13.1. The Hall–Kier alpha value is -2.93. The van der Waals surface area contributed by atoms with Gasteiger partial charge < -0.3 is 14.8 Å². The molecule has 3 heterocycles. The van der Waals surface area contributed by atoms with Crippen LogP contribution in [-0.4, -0.2) is 46.0 Å². The van der Waals surface area contributed by atoms with Gasteiger partial charge in [-0.3, -0.25) is 9.48 Å². The quantitative estimate of drug-likeness (QED) is 0.757. The number of benzene rings is 1. The van der Waals surface area contributed by atoms with Gasteiger partial charge in [0.25, 0.3) is 0 Å². The summed E-state index contributed by atoms with van der Waals surface area (Å²) in [5.41, 5.74) is 0.878. The van der Waals surface area contributed by atoms with Crippen molar-refractivity contribution in [2.75, 3.05) is 13.2 Å². The third kappa shape index (κ3) is 3.83. The number of aromatic nitrogens is 3. The van der Waals surface area contributed by atoms with Crippen LogP contribution in [0.5, 0.6) is 5.88 Å². The van der Waals surface area contributed by atoms with Crippen molar-refractivity contribution < 1.29 is 14.3 Å². The molecule has 0 radical (unpaired) electrons. The van der Waals surface area contributed by atoms with Gasteiger partial charge >= 0.3 is 0 Å². The maximum Gasteiger partial charge on any atom is 0.242 e. The minimum Gasteiger partial charge on any atom is -0.470 e. The van der Waals surface area contributed by atoms with Crippen molar-refractivity contribution >= 4 is 16.8 Å². The first kappa shape index (κ1) is 16.5. The van der Waals surface area contributed by atoms with Gasteiger partial charge in [-0.1, -0.05) is 24.3 Å². The molecule has 0 unspecified atom stereocenters. The second kappa shape index (κ2) is 7.53. The molecule has 1 aromatic carbocycles. The Morgan fingerprint density at radius 3 is 3.00 bits per heavy atom. The first-order chi connectivity index (χ1) is 12.8. The summed E-state index contributed by atoms with van der Waals surface area (Å²) >= 11 is 0. The van der Waals surface area contributed by atoms with E-state index in [1.807, 2.05) is 42.6 Å². The summed E-state index contributed by atoms with van der Waals surface area (Å²) in [6.07, 6.45) is 3.99. The number of hydrogen-bond donors (Lipinski definition) is 1. The van der Waals surface area contributed by atoms with Crippen molar-refractivity contribution in [1.82, 2.24) is 20.1 Å². The molecule has 2 aromatic heterocycles. The molecule has 0 bridgehead atoms. The van der Waals surface area contributed by atoms with E-state index in [0.29, 0.717) is 25.5 Å². The summed E-state index contributed by atoms with van der Waals surface area (Å²) in [7, 11) is 0. The Morgan fingerprint density at radius 2 is 2.15 bits per heavy atom. The topological polar surface area (TPSA) is 78.3 Å². The molecule has 1 fully saturated rings. The van der Waals surface area contributed by atoms with Crippen molar-refractivity contribution in [3.8, 4) is 5.88 Å². The summed E-state index contributed by atoms with van der Waals surface area (Å²) in [6, 6.07) is 13.2. The van der Waals surface area contributed by atoms with Crippen molar-refractivity contribution in [1.29, 1.82) is 0 Å². The van der Waals surface area contributed by atoms with Crippen LogP contribution in [0.15, 0.2) is 54.9 Å². The van der Waals surface area contributed by atoms with Crippen LogP contribution in [0.3, 0.4) is 0 Å². The molecular formula is C19H20N4O3. The van der Waals surface area contributed by atoms with Gasteiger partial charge in [0.15, 0.2) is 0 Å². The van der Waals surface area contributed by atoms with Crippen molar-refractivity contribution in [2.24, 2.45) is 0 Å². The molecule has 1 N–H and O–H groups in total. The van der Waals surface area contributed by atoms with Crippen LogP contribution in [-0.2, 0) is 16.1 Å². The lowest BCUT2D eigenvalue weighted by Crippen LogP contribution is -2.52. The number of pyridine rings is 1. The minimum atomic E-state index is -0.265. The molecule has 7 heteroatoms. The minimum absolute atomic E-state index is 0.0978. The van der Waals surface area contributed by atoms with E-state index in [4.69, 9.17) is 9.47 Å². The zero-order chi connectivity index (χ0) is 17.8. The van der Waals surface area contributed by atoms with Gasteiger partial charge in [0.05, 0.1) is 18.2 Å². The van der Waals surface area contributed by atoms with Crippen LogP contribution >= 0.6 is 0 Å². The molecule has 1 aliphatic rings. The fraction of sp³-hybridized carbons (Fsp3) is 0.316. The third-order valence-corrected chi connectivity index (χ3v) is 4.33. The SMILES string of the molecule is O=C(Cn1cc2ccccc2n1)N[C@@H]1CCOC[C@H]1Oc1ccccn1. The smallest absolute Gasteiger partial charge is 0.242 e. The van der Waals surface area contributed by atoms with Crippen LogP contribution in [0.2, 0.25) is 0 Å². The van der Waals surface area contributed by atoms with Gasteiger partial charge in [-0.2, -0.15) is 5.10 Å². The lowest BCUT2D eigenvalue weighted by Gasteiger charge is -2.32. The molecule has 134 valence electrons. The molecular weight excluding hydrogens is 332 g/mol. The summed E-state index contributed by atoms with van der Waals surface area (Å²) in [5.74, 6) is 0.430. The third-order valence-electron chi connectivity index (χ3n) is 4.33. The molecule has 4 rings (SSSR count). The fourth-order valence-corrected chi connectivity index (χ4v) is 3.06. The highest BCUT2D eigenvalue weighted by atomic mass is 16.5. The van der Waals surface area contributed by atoms with E-state index in [-0.39, 0.29) is 24.6 Å². The maximum absolute atomic E-state index is 12.5. The fourth-order valence-electron chi connectivity index (χ4n) is 3.06. The normalized spacial score (nSPS) is 20.0. The second-order valence-corrected chi connectivity index (χ2v) is 6.25. The van der Waals surface area contributed by atoms with Crippen LogP contribution in [0, 0.1) is 0 Å². The van der Waals surface area contributed by atoms with E-state index in [0.717, 1.165) is 10.9 Å². The zero-order valence-electron chi connectivity index (χ0n) is 14.2. The van der Waals surface area contributed by atoms with E-state index >= 15 is 0 Å². The van der Waals surface area contributed by atoms with Crippen molar-refractivity contribution in [3.63, 3.8) is 0 Å². The number of rotatable bonds is 5. The number of carbonyl (C=O) groups is 1. The molecule has 3 aromatic rings. The van der Waals surface area contributed by atoms with E-state index in [2.05, 4.69) is 15.4 Å². The molecule has 2 atom stereocenters. The monoisotopic (exact) mass is 352 g/mol. The van der Waals surface area contributed by atoms with Crippen LogP contribution in [0.25, 0.3) is 10.9 Å². The van der Waals surface area contributed by atoms with Crippen LogP contribution < -0.4 is 10.1 Å². The largest absolute Gasteiger partial charge is 0.470 e. The Balaban J connectivity index is 1.39. The van der Waals surface area contributed by atoms with Gasteiger partial charge in [-0.15, -0.1) is 0 Å². The predicted octanol–water partition coefficient (Wildman–Crippen LogP) is 1.78. The van der Waals surface area contributed by atoms with Crippen molar-refractivity contribution in [3.05, 3.63) is 54.9 Å². The second-order valence-electron chi connectivity index (χ2n) is 6.25. The van der Waals surface area contributed by atoms with Gasteiger partial charge in [-0.25, -0.2) is 4.98 Å². The van der Waals surface area contributed by atoms with E-state index in [1.165, 1.54) is 0 Å². The number of amides is 1. The number of nitrogens with one attached hydrogen (secondary N) is 1. The number of carbonyl (C=O) groups excluding carboxylic acids is 1. The maximum atomic E-state index is 12.5. The average Bonchev–Trinajstić information content (AvgIpc) is 3.06. The number of ether oxygens (including phenoxy) is 2. The molecule has 26 heavy (non-hydrogen) atoms. The molecule has 7 nitrogen and oxygen atoms in total. The Morgan fingerprint density at radius 1 is 1.27 bits per heavy atom. The van der Waals surface area contributed by atoms with Crippen LogP contribution in [0.4, 0.5) is 0 Å². The number of fused-ring (bicyclic) bond motifs is 1. The van der Waals surface area contributed by atoms with Crippen LogP contribution in [0.1, 0.15) is 6.42 Å². The summed E-state index contributed by atoms with van der Waals surface area (Å²) in [5, 5.41) is 8.49. The zero-order valence-corrected chi connectivity index (χ0v) is 14.2. The standard InChI is InChI=1S/C19H20N4O3/c24-18(12-23-11-14-5-1-2-6-15(14)22-23)21-16-8-10-25-13-17(16)26-19-7-3-4-9-20-19/h1-7,9,11,16-17H,8,10,12-13H2,(H,21,24)/t16-,17-/m1/s1. The van der Waals surface area contributed by atoms with E-state index in [9.17, 15) is 4.79 Å². The van der Waals surface area contributed by atoms with Gasteiger partial charge in [0.2, 0.25) is 11.8 Å². The van der Waals surface area contributed by atoms with Gasteiger partial charge in [0, 0.05) is 30.5 Å². The van der Waals surface area contributed by atoms with Crippen molar-refractivity contribution in [2.45, 2.75) is 25.1 Å². The first-order valence-corrected chi connectivity index (χ1v) is 8.65. The summed E-state index contributed by atoms with van der Waals surface area (Å²) in [4.78, 5) is 16.6. The number of hydrogen-bond acceptors (Lipinski definition) is 5. The Labute approximate surface area is 150 Å². The Bertz CT molecular complexity index is 848. The molecule has 1 saturated heterocycles. The lowest BCUT2D eigenvalue weighted by atomic mass is 10.1. The van der Waals surface area contributed by atoms with E-state index < -0.39 is 0 Å². The molecule has 1 amide bonds. The lowest BCUT2D eigenvalue weighted by molar-refractivity contribution is -0.124. The molecule has 0 spiro atoms. The summed E-state index contributed by atoms with van der Waals surface area (Å²) in [6.45, 7) is 1.19. The predicted molar refractivity (Wildman–Crippen MR) is 95.8 cm³/mol. The highest BCUT2D eigenvalue weighted by Crippen LogP contribution is 2.16. The highest BCUT2D eigenvalue weighted by molar-refractivity contribution is 5.80. The highest BCUT2D eigenvalue weighted by Gasteiger charge is 2.29. The first-order valence-electron chi connectivity index (χ1n) is 8.65.